The van der Waals surface area contributed by atoms with Crippen molar-refractivity contribution < 1.29 is 24.4 Å². The van der Waals surface area contributed by atoms with Crippen LogP contribution in [0.4, 0.5) is 0 Å². The maximum absolute atomic E-state index is 9.97. The van der Waals surface area contributed by atoms with Crippen molar-refractivity contribution in [2.24, 2.45) is 35.5 Å². The lowest BCUT2D eigenvalue weighted by atomic mass is 9.59. The van der Waals surface area contributed by atoms with E-state index in [-0.39, 0.29) is 0 Å². The fraction of sp³-hybridized carbons (Fsp3) is 0.818. The lowest BCUT2D eigenvalue weighted by molar-refractivity contribution is -0.414. The largest absolute Gasteiger partial charge is 0.492 e. The van der Waals surface area contributed by atoms with Gasteiger partial charge in [-0.3, -0.25) is 4.90 Å². The average molecular weight is 544 g/mol. The standard InChI is InChI=1S/C33H53NO5/c1-24-4-5-25(2)31(22-30-21-29(20-24)26(30)3)23-38-33(39-35)12-10-28(11-13-33)27-6-8-32(9-7-27)37-19-16-34-14-17-36-18-15-34/h6-9,24-26,28-31,35H,4-5,10-23H2,1-3H3/t24?,25-,26?,28?,29?,30+,31?,33?/m1/s1. The average Bonchev–Trinajstić information content (AvgIpc) is 2.98. The summed E-state index contributed by atoms with van der Waals surface area (Å²) >= 11 is 0. The monoisotopic (exact) mass is 543 g/mol. The molecular formula is C33H53NO5. The molecule has 5 fully saturated rings. The van der Waals surface area contributed by atoms with E-state index in [0.717, 1.165) is 88.0 Å². The highest BCUT2D eigenvalue weighted by molar-refractivity contribution is 5.29. The minimum absolute atomic E-state index is 0.459. The van der Waals surface area contributed by atoms with Crippen LogP contribution < -0.4 is 4.74 Å². The van der Waals surface area contributed by atoms with Crippen molar-refractivity contribution in [3.05, 3.63) is 29.8 Å². The Hall–Kier alpha value is -1.18. The maximum atomic E-state index is 9.97. The van der Waals surface area contributed by atoms with Gasteiger partial charge in [-0.25, -0.2) is 10.1 Å². The Labute approximate surface area is 236 Å². The van der Waals surface area contributed by atoms with E-state index < -0.39 is 5.79 Å². The van der Waals surface area contributed by atoms with E-state index in [1.165, 1.54) is 37.7 Å². The molecule has 4 unspecified atom stereocenters. The summed E-state index contributed by atoms with van der Waals surface area (Å²) in [4.78, 5) is 7.51. The van der Waals surface area contributed by atoms with Gasteiger partial charge in [0.15, 0.2) is 0 Å². The second-order valence-corrected chi connectivity index (χ2v) is 13.5. The molecule has 220 valence electrons. The zero-order chi connectivity index (χ0) is 27.2. The van der Waals surface area contributed by atoms with Gasteiger partial charge in [0, 0.05) is 32.5 Å². The van der Waals surface area contributed by atoms with Crippen LogP contribution in [0.5, 0.6) is 5.75 Å². The molecule has 6 atom stereocenters. The van der Waals surface area contributed by atoms with E-state index in [4.69, 9.17) is 19.1 Å². The normalized spacial score (nSPS) is 38.1. The van der Waals surface area contributed by atoms with Gasteiger partial charge in [-0.05, 0) is 91.2 Å². The zero-order valence-electron chi connectivity index (χ0n) is 24.7. The third-order valence-electron chi connectivity index (χ3n) is 10.9. The molecule has 6 rings (SSSR count). The van der Waals surface area contributed by atoms with Crippen LogP contribution in [0.1, 0.15) is 90.0 Å². The number of hydrogen-bond acceptors (Lipinski definition) is 6. The van der Waals surface area contributed by atoms with Gasteiger partial charge in [0.25, 0.3) is 0 Å². The molecule has 39 heavy (non-hydrogen) atoms. The molecule has 2 bridgehead atoms. The molecule has 1 aliphatic heterocycles. The summed E-state index contributed by atoms with van der Waals surface area (Å²) in [7, 11) is 0. The Morgan fingerprint density at radius 3 is 2.33 bits per heavy atom. The van der Waals surface area contributed by atoms with E-state index in [1.807, 2.05) is 0 Å². The van der Waals surface area contributed by atoms with Gasteiger partial charge in [0.2, 0.25) is 5.79 Å². The highest BCUT2D eigenvalue weighted by Crippen LogP contribution is 2.49. The summed E-state index contributed by atoms with van der Waals surface area (Å²) in [6, 6.07) is 8.61. The Bertz CT molecular complexity index is 863. The molecule has 0 aromatic heterocycles. The van der Waals surface area contributed by atoms with Gasteiger partial charge in [-0.15, -0.1) is 0 Å². The molecule has 1 aromatic carbocycles. The van der Waals surface area contributed by atoms with Crippen molar-refractivity contribution in [1.29, 1.82) is 0 Å². The number of ether oxygens (including phenoxy) is 3. The van der Waals surface area contributed by atoms with Crippen molar-refractivity contribution in [3.8, 4) is 5.75 Å². The topological polar surface area (TPSA) is 60.4 Å². The Morgan fingerprint density at radius 1 is 0.923 bits per heavy atom. The third kappa shape index (κ3) is 7.56. The predicted octanol–water partition coefficient (Wildman–Crippen LogP) is 6.99. The van der Waals surface area contributed by atoms with Gasteiger partial charge in [-0.2, -0.15) is 0 Å². The third-order valence-corrected chi connectivity index (χ3v) is 10.9. The van der Waals surface area contributed by atoms with Gasteiger partial charge in [0.05, 0.1) is 19.8 Å². The molecule has 1 heterocycles. The molecule has 6 nitrogen and oxygen atoms in total. The van der Waals surface area contributed by atoms with Crippen LogP contribution >= 0.6 is 0 Å². The van der Waals surface area contributed by atoms with E-state index in [9.17, 15) is 5.26 Å². The fourth-order valence-corrected chi connectivity index (χ4v) is 7.77. The van der Waals surface area contributed by atoms with E-state index >= 15 is 0 Å². The minimum atomic E-state index is -0.852. The summed E-state index contributed by atoms with van der Waals surface area (Å²) in [6.45, 7) is 13.3. The summed E-state index contributed by atoms with van der Waals surface area (Å²) in [5, 5.41) is 9.97. The Balaban J connectivity index is 1.09. The fourth-order valence-electron chi connectivity index (χ4n) is 7.77. The molecule has 4 saturated carbocycles. The van der Waals surface area contributed by atoms with Crippen molar-refractivity contribution in [1.82, 2.24) is 4.90 Å². The lowest BCUT2D eigenvalue weighted by Gasteiger charge is -2.48. The van der Waals surface area contributed by atoms with Crippen molar-refractivity contribution in [3.63, 3.8) is 0 Å². The molecule has 1 saturated heterocycles. The van der Waals surface area contributed by atoms with Gasteiger partial charge in [0.1, 0.15) is 12.4 Å². The molecule has 0 spiro atoms. The first-order valence-electron chi connectivity index (χ1n) is 15.9. The van der Waals surface area contributed by atoms with Crippen molar-refractivity contribution in [2.75, 3.05) is 46.1 Å². The number of rotatable bonds is 9. The molecule has 6 heteroatoms. The molecule has 5 aliphatic rings. The van der Waals surface area contributed by atoms with Crippen LogP contribution in [0, 0.1) is 35.5 Å². The Morgan fingerprint density at radius 2 is 1.64 bits per heavy atom. The SMILES string of the molecule is CC1CC[C@@H](C)C(COC2(OO)CCC(c3ccc(OCCN4CCOCC4)cc3)CC2)C[C@@H]2CC(C1)C2C. The second-order valence-electron chi connectivity index (χ2n) is 13.5. The molecule has 1 N–H and O–H groups in total. The lowest BCUT2D eigenvalue weighted by Crippen LogP contribution is -2.43. The zero-order valence-corrected chi connectivity index (χ0v) is 24.7. The van der Waals surface area contributed by atoms with E-state index in [1.54, 1.807) is 0 Å². The van der Waals surface area contributed by atoms with Crippen LogP contribution in [0.15, 0.2) is 24.3 Å². The van der Waals surface area contributed by atoms with E-state index in [0.29, 0.717) is 31.0 Å². The van der Waals surface area contributed by atoms with Gasteiger partial charge < -0.3 is 14.2 Å². The smallest absolute Gasteiger partial charge is 0.201 e. The maximum Gasteiger partial charge on any atom is 0.201 e. The molecule has 4 aliphatic carbocycles. The predicted molar refractivity (Wildman–Crippen MR) is 154 cm³/mol. The van der Waals surface area contributed by atoms with Gasteiger partial charge >= 0.3 is 0 Å². The summed E-state index contributed by atoms with van der Waals surface area (Å²) in [5.41, 5.74) is 1.34. The number of morpholine rings is 1. The summed E-state index contributed by atoms with van der Waals surface area (Å²) < 4.78 is 17.9. The Kier molecular flexibility index (Phi) is 10.3. The van der Waals surface area contributed by atoms with Crippen LogP contribution in [-0.2, 0) is 14.4 Å². The highest BCUT2D eigenvalue weighted by atomic mass is 17.1. The van der Waals surface area contributed by atoms with Crippen LogP contribution in [0.3, 0.4) is 0 Å². The number of nitrogens with zero attached hydrogens (tertiary/aromatic N) is 1. The number of hydrogen-bond donors (Lipinski definition) is 1. The van der Waals surface area contributed by atoms with Gasteiger partial charge in [-0.1, -0.05) is 45.7 Å². The van der Waals surface area contributed by atoms with E-state index in [2.05, 4.69) is 49.9 Å². The first kappa shape index (κ1) is 29.3. The number of benzene rings is 1. The van der Waals surface area contributed by atoms with Crippen molar-refractivity contribution in [2.45, 2.75) is 90.3 Å². The molecule has 0 amide bonds. The summed E-state index contributed by atoms with van der Waals surface area (Å²) in [6.07, 6.45) is 10.1. The molecule has 0 radical (unpaired) electrons. The minimum Gasteiger partial charge on any atom is -0.492 e. The quantitative estimate of drug-likeness (QED) is 0.206. The molecule has 1 aromatic rings. The highest BCUT2D eigenvalue weighted by Gasteiger charge is 2.43. The first-order chi connectivity index (χ1) is 18.9. The number of fused-ring (bicyclic) bond motifs is 6. The van der Waals surface area contributed by atoms with Crippen LogP contribution in [0.2, 0.25) is 0 Å². The second kappa shape index (κ2) is 13.7. The summed E-state index contributed by atoms with van der Waals surface area (Å²) in [5.74, 6) is 5.18. The van der Waals surface area contributed by atoms with Crippen LogP contribution in [-0.4, -0.2) is 62.0 Å². The van der Waals surface area contributed by atoms with Crippen molar-refractivity contribution >= 4 is 0 Å². The van der Waals surface area contributed by atoms with Crippen LogP contribution in [0.25, 0.3) is 0 Å². The first-order valence-corrected chi connectivity index (χ1v) is 15.9. The molecular weight excluding hydrogens is 490 g/mol.